The van der Waals surface area contributed by atoms with Crippen LogP contribution in [-0.2, 0) is 9.59 Å². The van der Waals surface area contributed by atoms with E-state index in [1.165, 1.54) is 11.8 Å². The fourth-order valence-electron chi connectivity index (χ4n) is 1.23. The van der Waals surface area contributed by atoms with Crippen molar-refractivity contribution in [3.63, 3.8) is 0 Å². The number of hydrogen-bond donors (Lipinski definition) is 2. The van der Waals surface area contributed by atoms with Gasteiger partial charge in [-0.05, 0) is 18.4 Å². The molecule has 1 atom stereocenters. The molecule has 2 N–H and O–H groups in total. The summed E-state index contributed by atoms with van der Waals surface area (Å²) in [7, 11) is 0. The SMILES string of the molecule is CC(C(=O)NCCSCC(=O)O)c1cccs1. The second kappa shape index (κ2) is 7.34. The van der Waals surface area contributed by atoms with Crippen molar-refractivity contribution < 1.29 is 14.7 Å². The third-order valence-corrected chi connectivity index (χ3v) is 4.13. The van der Waals surface area contributed by atoms with Gasteiger partial charge in [-0.3, -0.25) is 9.59 Å². The minimum atomic E-state index is -0.826. The van der Waals surface area contributed by atoms with Crippen LogP contribution in [0.3, 0.4) is 0 Å². The smallest absolute Gasteiger partial charge is 0.313 e. The van der Waals surface area contributed by atoms with Crippen LogP contribution >= 0.6 is 23.1 Å². The maximum absolute atomic E-state index is 11.7. The molecule has 4 nitrogen and oxygen atoms in total. The van der Waals surface area contributed by atoms with E-state index in [9.17, 15) is 9.59 Å². The van der Waals surface area contributed by atoms with Crippen LogP contribution in [0.15, 0.2) is 17.5 Å². The topological polar surface area (TPSA) is 66.4 Å². The third-order valence-electron chi connectivity index (χ3n) is 2.13. The fraction of sp³-hybridized carbons (Fsp3) is 0.455. The first-order valence-corrected chi connectivity index (χ1v) is 7.25. The normalized spacial score (nSPS) is 12.1. The molecule has 1 aromatic heterocycles. The molecule has 6 heteroatoms. The van der Waals surface area contributed by atoms with Gasteiger partial charge >= 0.3 is 5.97 Å². The predicted molar refractivity (Wildman–Crippen MR) is 70.7 cm³/mol. The largest absolute Gasteiger partial charge is 0.481 e. The molecule has 0 aliphatic rings. The lowest BCUT2D eigenvalue weighted by Crippen LogP contribution is -2.29. The minimum Gasteiger partial charge on any atom is -0.481 e. The second-order valence-electron chi connectivity index (χ2n) is 3.47. The van der Waals surface area contributed by atoms with Crippen molar-refractivity contribution in [2.45, 2.75) is 12.8 Å². The van der Waals surface area contributed by atoms with Crippen LogP contribution in [0.5, 0.6) is 0 Å². The monoisotopic (exact) mass is 273 g/mol. The molecular weight excluding hydrogens is 258 g/mol. The van der Waals surface area contributed by atoms with Crippen LogP contribution in [0.4, 0.5) is 0 Å². The fourth-order valence-corrected chi connectivity index (χ4v) is 2.57. The Kier molecular flexibility index (Phi) is 6.07. The third kappa shape index (κ3) is 5.23. The molecule has 0 fully saturated rings. The van der Waals surface area contributed by atoms with Gasteiger partial charge in [0, 0.05) is 17.2 Å². The highest BCUT2D eigenvalue weighted by Gasteiger charge is 2.15. The number of thiophene rings is 1. The van der Waals surface area contributed by atoms with E-state index >= 15 is 0 Å². The molecule has 0 saturated carbocycles. The predicted octanol–water partition coefficient (Wildman–Crippen LogP) is 1.79. The van der Waals surface area contributed by atoms with E-state index in [0.29, 0.717) is 12.3 Å². The zero-order chi connectivity index (χ0) is 12.7. The summed E-state index contributed by atoms with van der Waals surface area (Å²) in [6, 6.07) is 3.86. The van der Waals surface area contributed by atoms with Crippen molar-refractivity contribution in [2.75, 3.05) is 18.1 Å². The lowest BCUT2D eigenvalue weighted by molar-refractivity contribution is -0.133. The first-order chi connectivity index (χ1) is 8.11. The Bertz CT molecular complexity index is 365. The molecule has 0 bridgehead atoms. The van der Waals surface area contributed by atoms with Crippen LogP contribution in [0.25, 0.3) is 0 Å². The zero-order valence-corrected chi connectivity index (χ0v) is 11.1. The van der Waals surface area contributed by atoms with Crippen molar-refractivity contribution in [3.8, 4) is 0 Å². The number of carboxylic acids is 1. The average Bonchev–Trinajstić information content (AvgIpc) is 2.80. The summed E-state index contributed by atoms with van der Waals surface area (Å²) < 4.78 is 0. The van der Waals surface area contributed by atoms with Crippen LogP contribution in [0, 0.1) is 0 Å². The lowest BCUT2D eigenvalue weighted by Gasteiger charge is -2.10. The molecule has 17 heavy (non-hydrogen) atoms. The Morgan fingerprint density at radius 1 is 1.59 bits per heavy atom. The molecule has 94 valence electrons. The van der Waals surface area contributed by atoms with Crippen molar-refractivity contribution >= 4 is 35.0 Å². The highest BCUT2D eigenvalue weighted by Crippen LogP contribution is 2.20. The summed E-state index contributed by atoms with van der Waals surface area (Å²) in [6.45, 7) is 2.37. The van der Waals surface area contributed by atoms with Gasteiger partial charge in [-0.1, -0.05) is 6.07 Å². The number of nitrogens with one attached hydrogen (secondary N) is 1. The molecule has 0 aromatic carbocycles. The van der Waals surface area contributed by atoms with Gasteiger partial charge in [-0.2, -0.15) is 0 Å². The molecular formula is C11H15NO3S2. The number of amides is 1. The highest BCUT2D eigenvalue weighted by atomic mass is 32.2. The molecule has 1 rings (SSSR count). The van der Waals surface area contributed by atoms with Gasteiger partial charge in [-0.15, -0.1) is 23.1 Å². The second-order valence-corrected chi connectivity index (χ2v) is 5.56. The first kappa shape index (κ1) is 14.1. The summed E-state index contributed by atoms with van der Waals surface area (Å²) in [5.41, 5.74) is 0. The van der Waals surface area contributed by atoms with Crippen LogP contribution in [0.1, 0.15) is 17.7 Å². The summed E-state index contributed by atoms with van der Waals surface area (Å²) in [6.07, 6.45) is 0. The van der Waals surface area contributed by atoms with Gasteiger partial charge in [0.2, 0.25) is 5.91 Å². The van der Waals surface area contributed by atoms with Crippen LogP contribution < -0.4 is 5.32 Å². The summed E-state index contributed by atoms with van der Waals surface area (Å²) in [4.78, 5) is 23.0. The molecule has 1 aromatic rings. The number of aliphatic carboxylic acids is 1. The van der Waals surface area contributed by atoms with E-state index < -0.39 is 5.97 Å². The first-order valence-electron chi connectivity index (χ1n) is 5.22. The molecule has 1 heterocycles. The zero-order valence-electron chi connectivity index (χ0n) is 9.51. The average molecular weight is 273 g/mol. The van der Waals surface area contributed by atoms with E-state index in [1.807, 2.05) is 24.4 Å². The molecule has 0 aliphatic heterocycles. The maximum atomic E-state index is 11.7. The Balaban J connectivity index is 2.19. The molecule has 0 spiro atoms. The standard InChI is InChI=1S/C11H15NO3S2/c1-8(9-3-2-5-17-9)11(15)12-4-6-16-7-10(13)14/h2-3,5,8H,4,6-7H2,1H3,(H,12,15)(H,13,14). The summed E-state index contributed by atoms with van der Waals surface area (Å²) in [5.74, 6) is -0.276. The quantitative estimate of drug-likeness (QED) is 0.743. The van der Waals surface area contributed by atoms with E-state index in [-0.39, 0.29) is 17.6 Å². The number of thioether (sulfide) groups is 1. The lowest BCUT2D eigenvalue weighted by atomic mass is 10.1. The number of carbonyl (C=O) groups is 2. The van der Waals surface area contributed by atoms with Gasteiger partial charge in [-0.25, -0.2) is 0 Å². The van der Waals surface area contributed by atoms with E-state index in [1.54, 1.807) is 11.3 Å². The molecule has 0 radical (unpaired) electrons. The van der Waals surface area contributed by atoms with Gasteiger partial charge in [0.15, 0.2) is 0 Å². The highest BCUT2D eigenvalue weighted by molar-refractivity contribution is 7.99. The van der Waals surface area contributed by atoms with E-state index in [0.717, 1.165) is 4.88 Å². The van der Waals surface area contributed by atoms with Gasteiger partial charge in [0.1, 0.15) is 0 Å². The van der Waals surface area contributed by atoms with E-state index in [2.05, 4.69) is 5.32 Å². The molecule has 1 unspecified atom stereocenters. The van der Waals surface area contributed by atoms with Crippen molar-refractivity contribution in [2.24, 2.45) is 0 Å². The number of rotatable bonds is 7. The maximum Gasteiger partial charge on any atom is 0.313 e. The Hall–Kier alpha value is -1.01. The van der Waals surface area contributed by atoms with Gasteiger partial charge in [0.05, 0.1) is 11.7 Å². The Labute approximate surface area is 108 Å². The summed E-state index contributed by atoms with van der Waals surface area (Å²) >= 11 is 2.86. The number of carboxylic acid groups (broad SMARTS) is 1. The molecule has 1 amide bonds. The minimum absolute atomic E-state index is 0.0108. The Morgan fingerprint density at radius 3 is 2.94 bits per heavy atom. The van der Waals surface area contributed by atoms with Crippen LogP contribution in [0.2, 0.25) is 0 Å². The van der Waals surface area contributed by atoms with Gasteiger partial charge < -0.3 is 10.4 Å². The number of carbonyl (C=O) groups excluding carboxylic acids is 1. The number of hydrogen-bond acceptors (Lipinski definition) is 4. The molecule has 0 aliphatic carbocycles. The summed E-state index contributed by atoms with van der Waals surface area (Å²) in [5, 5.41) is 13.2. The molecule has 0 saturated heterocycles. The van der Waals surface area contributed by atoms with Gasteiger partial charge in [0.25, 0.3) is 0 Å². The Morgan fingerprint density at radius 2 is 2.35 bits per heavy atom. The van der Waals surface area contributed by atoms with Crippen LogP contribution in [-0.4, -0.2) is 35.0 Å². The van der Waals surface area contributed by atoms with Crippen molar-refractivity contribution in [3.05, 3.63) is 22.4 Å². The van der Waals surface area contributed by atoms with Crippen molar-refractivity contribution in [1.82, 2.24) is 5.32 Å². The van der Waals surface area contributed by atoms with Crippen molar-refractivity contribution in [1.29, 1.82) is 0 Å². The van der Waals surface area contributed by atoms with E-state index in [4.69, 9.17) is 5.11 Å².